The van der Waals surface area contributed by atoms with Gasteiger partial charge < -0.3 is 14.9 Å². The summed E-state index contributed by atoms with van der Waals surface area (Å²) in [7, 11) is 0. The maximum atomic E-state index is 3.06. The van der Waals surface area contributed by atoms with Gasteiger partial charge in [-0.15, -0.1) is 106 Å². The molecular weight excluding hydrogens is 527 g/mol. The van der Waals surface area contributed by atoms with E-state index in [-0.39, 0.29) is 39.7 Å². The van der Waals surface area contributed by atoms with Gasteiger partial charge in [-0.05, 0) is 24.7 Å². The van der Waals surface area contributed by atoms with E-state index < -0.39 is 0 Å². The van der Waals surface area contributed by atoms with Crippen LogP contribution in [0.2, 0.25) is 0 Å². The van der Waals surface area contributed by atoms with Gasteiger partial charge in [0, 0.05) is 0 Å². The van der Waals surface area contributed by atoms with Crippen molar-refractivity contribution in [1.82, 2.24) is 0 Å². The van der Waals surface area contributed by atoms with Gasteiger partial charge in [0.2, 0.25) is 0 Å². The van der Waals surface area contributed by atoms with E-state index in [0.29, 0.717) is 0 Å². The Hall–Kier alpha value is -0.660. The Morgan fingerprint density at radius 2 is 0.969 bits per heavy atom. The Bertz CT molecular complexity index is 839. The third-order valence-electron chi connectivity index (χ3n) is 4.64. The number of benzene rings is 2. The first kappa shape index (κ1) is 35.9. The molecule has 4 aromatic rings. The van der Waals surface area contributed by atoms with E-state index >= 15 is 0 Å². The van der Waals surface area contributed by atoms with Crippen LogP contribution in [0, 0.1) is 26.7 Å². The molecule has 0 unspecified atom stereocenters. The molecule has 176 valence electrons. The molecular formula is C28H38Cl2SiZr-4. The molecule has 0 aromatic heterocycles. The molecule has 0 atom stereocenters. The topological polar surface area (TPSA) is 0 Å². The number of fused-ring (bicyclic) bond motifs is 2. The maximum absolute atomic E-state index is 3.06. The standard InChI is InChI=1S/2C13H15.2CH3.2ClH.Si.Zr/c2*1-10(2)7-11-8-12-5-3-4-6-13(12)9-11;;;;;;/h2*3-6,8-10H,7H2,1-2H3;2*1H3;2*1H;;/q4*-1;;;;. The Kier molecular flexibility index (Phi) is 21.0. The van der Waals surface area contributed by atoms with Crippen LogP contribution in [-0.2, 0) is 36.2 Å². The first-order chi connectivity index (χ1) is 13.5. The second-order valence-electron chi connectivity index (χ2n) is 8.18. The first-order valence-electron chi connectivity index (χ1n) is 10.0. The summed E-state index contributed by atoms with van der Waals surface area (Å²) >= 11 is 1.36. The molecule has 0 heterocycles. The third kappa shape index (κ3) is 11.5. The summed E-state index contributed by atoms with van der Waals surface area (Å²) in [5.74, 6) is 1.49. The van der Waals surface area contributed by atoms with Crippen LogP contribution in [0.25, 0.3) is 21.5 Å². The van der Waals surface area contributed by atoms with Crippen LogP contribution >= 0.6 is 24.8 Å². The predicted molar refractivity (Wildman–Crippen MR) is 149 cm³/mol. The molecule has 0 saturated carbocycles. The molecule has 32 heavy (non-hydrogen) atoms. The van der Waals surface area contributed by atoms with Crippen molar-refractivity contribution in [2.75, 3.05) is 0 Å². The van der Waals surface area contributed by atoms with Crippen molar-refractivity contribution >= 4 is 53.2 Å². The molecule has 0 fully saturated rings. The van der Waals surface area contributed by atoms with Crippen molar-refractivity contribution in [1.29, 1.82) is 0 Å². The molecule has 4 heteroatoms. The summed E-state index contributed by atoms with van der Waals surface area (Å²) in [4.78, 5) is 0. The van der Waals surface area contributed by atoms with E-state index in [2.05, 4.69) is 107 Å². The van der Waals surface area contributed by atoms with Gasteiger partial charge in [-0.1, -0.05) is 39.8 Å². The monoisotopic (exact) mass is 562 g/mol. The Labute approximate surface area is 226 Å². The first-order valence-corrected chi connectivity index (χ1v) is 14.2. The number of rotatable bonds is 4. The quantitative estimate of drug-likeness (QED) is 0.172. The number of halogens is 2. The zero-order valence-corrected chi connectivity index (χ0v) is 25.4. The summed E-state index contributed by atoms with van der Waals surface area (Å²) in [6.45, 7) is 12.1. The van der Waals surface area contributed by atoms with Gasteiger partial charge in [-0.2, -0.15) is 12.1 Å². The van der Waals surface area contributed by atoms with Gasteiger partial charge in [0.1, 0.15) is 0 Å². The molecule has 0 bridgehead atoms. The van der Waals surface area contributed by atoms with Crippen LogP contribution in [-0.4, -0.2) is 6.88 Å². The Morgan fingerprint density at radius 1 is 0.656 bits per heavy atom. The van der Waals surface area contributed by atoms with E-state index in [9.17, 15) is 0 Å². The summed E-state index contributed by atoms with van der Waals surface area (Å²) < 4.78 is 0. The van der Waals surface area contributed by atoms with Gasteiger partial charge >= 0.3 is 30.2 Å². The van der Waals surface area contributed by atoms with Crippen LogP contribution in [0.1, 0.15) is 38.8 Å². The normalized spacial score (nSPS) is 9.28. The molecule has 0 aliphatic heterocycles. The molecule has 0 saturated heterocycles. The fourth-order valence-corrected chi connectivity index (χ4v) is 3.61. The molecule has 0 N–H and O–H groups in total. The summed E-state index contributed by atoms with van der Waals surface area (Å²) in [5, 5.41) is 5.49. The predicted octanol–water partition coefficient (Wildman–Crippen LogP) is 8.88. The Morgan fingerprint density at radius 3 is 1.25 bits per heavy atom. The molecule has 0 aliphatic rings. The van der Waals surface area contributed by atoms with E-state index in [0.717, 1.165) is 11.8 Å². The van der Waals surface area contributed by atoms with Crippen LogP contribution in [0.5, 0.6) is 0 Å². The van der Waals surface area contributed by atoms with Crippen molar-refractivity contribution in [2.45, 2.75) is 40.5 Å². The summed E-state index contributed by atoms with van der Waals surface area (Å²) in [6, 6.07) is 26.3. The number of hydrogen-bond donors (Lipinski definition) is 0. The van der Waals surface area contributed by atoms with Gasteiger partial charge in [-0.3, -0.25) is 0 Å². The molecule has 4 aromatic carbocycles. The summed E-state index contributed by atoms with van der Waals surface area (Å²) in [5.41, 5.74) is 2.94. The van der Waals surface area contributed by atoms with E-state index in [1.807, 2.05) is 0 Å². The van der Waals surface area contributed by atoms with Crippen LogP contribution in [0.15, 0.2) is 72.8 Å². The SMILES string of the molecule is CC(C)Cc1cc2ccccc2[cH-]1.CC(C)Cc1cc2ccccc2[cH-]1.Cl.Cl.[CH3-].[CH3-].[Si]=[Zr]. The molecule has 0 spiro atoms. The number of hydrogen-bond acceptors (Lipinski definition) is 0. The van der Waals surface area contributed by atoms with Crippen molar-refractivity contribution in [2.24, 2.45) is 11.8 Å². The van der Waals surface area contributed by atoms with Crippen LogP contribution in [0.3, 0.4) is 0 Å². The van der Waals surface area contributed by atoms with Crippen molar-refractivity contribution in [3.8, 4) is 0 Å². The van der Waals surface area contributed by atoms with Gasteiger partial charge in [0.05, 0.1) is 0 Å². The third-order valence-corrected chi connectivity index (χ3v) is 4.64. The van der Waals surface area contributed by atoms with Gasteiger partial charge in [0.25, 0.3) is 0 Å². The van der Waals surface area contributed by atoms with Gasteiger partial charge in [0.15, 0.2) is 0 Å². The minimum absolute atomic E-state index is 0. The average Bonchev–Trinajstić information content (AvgIpc) is 3.25. The average molecular weight is 565 g/mol. The van der Waals surface area contributed by atoms with E-state index in [1.54, 1.807) is 0 Å². The van der Waals surface area contributed by atoms with E-state index in [1.165, 1.54) is 68.8 Å². The minimum atomic E-state index is 0. The van der Waals surface area contributed by atoms with Gasteiger partial charge in [-0.25, -0.2) is 0 Å². The summed E-state index contributed by atoms with van der Waals surface area (Å²) in [6.07, 6.45) is 2.38. The molecule has 0 amide bonds. The van der Waals surface area contributed by atoms with E-state index in [4.69, 9.17) is 0 Å². The molecule has 0 aliphatic carbocycles. The fourth-order valence-electron chi connectivity index (χ4n) is 3.61. The molecule has 4 rings (SSSR count). The second-order valence-corrected chi connectivity index (χ2v) is 8.18. The zero-order chi connectivity index (χ0) is 20.5. The molecule has 0 nitrogen and oxygen atoms in total. The molecule has 2 radical (unpaired) electrons. The van der Waals surface area contributed by atoms with Crippen molar-refractivity contribution < 1.29 is 23.3 Å². The fraction of sp³-hybridized carbons (Fsp3) is 0.286. The van der Waals surface area contributed by atoms with Crippen molar-refractivity contribution in [3.05, 3.63) is 98.8 Å². The van der Waals surface area contributed by atoms with Crippen molar-refractivity contribution in [3.63, 3.8) is 0 Å². The second kappa shape index (κ2) is 18.7. The Balaban J connectivity index is -0.000000437. The van der Waals surface area contributed by atoms with Crippen LogP contribution < -0.4 is 0 Å². The zero-order valence-electron chi connectivity index (χ0n) is 20.3. The van der Waals surface area contributed by atoms with Crippen LogP contribution in [0.4, 0.5) is 0 Å².